The van der Waals surface area contributed by atoms with Crippen LogP contribution in [0.15, 0.2) is 36.4 Å². The number of carbonyl (C=O) groups is 2. The van der Waals surface area contributed by atoms with Crippen molar-refractivity contribution in [1.29, 1.82) is 0 Å². The van der Waals surface area contributed by atoms with Gasteiger partial charge in [0, 0.05) is 12.5 Å². The SMILES string of the molecule is COC(=O)[C@H](CNC(=O)C1CC=CC1)c1ccc(F)cc1. The molecule has 4 nitrogen and oxygen atoms in total. The molecule has 0 spiro atoms. The van der Waals surface area contributed by atoms with E-state index in [0.29, 0.717) is 5.56 Å². The summed E-state index contributed by atoms with van der Waals surface area (Å²) in [6.45, 7) is 0.146. The molecule has 0 bridgehead atoms. The van der Waals surface area contributed by atoms with Crippen LogP contribution in [-0.4, -0.2) is 25.5 Å². The number of halogens is 1. The Labute approximate surface area is 123 Å². The summed E-state index contributed by atoms with van der Waals surface area (Å²) in [7, 11) is 1.29. The first-order chi connectivity index (χ1) is 10.1. The number of esters is 1. The van der Waals surface area contributed by atoms with E-state index in [4.69, 9.17) is 4.74 Å². The van der Waals surface area contributed by atoms with Gasteiger partial charge >= 0.3 is 5.97 Å². The molecule has 0 saturated carbocycles. The van der Waals surface area contributed by atoms with Gasteiger partial charge in [-0.25, -0.2) is 4.39 Å². The van der Waals surface area contributed by atoms with Gasteiger partial charge in [0.1, 0.15) is 5.82 Å². The molecule has 2 rings (SSSR count). The molecule has 0 fully saturated rings. The number of rotatable bonds is 5. The van der Waals surface area contributed by atoms with Gasteiger partial charge in [-0.3, -0.25) is 9.59 Å². The standard InChI is InChI=1S/C16H18FNO3/c1-21-16(20)14(11-6-8-13(17)9-7-11)10-18-15(19)12-4-2-3-5-12/h2-3,6-9,12,14H,4-5,10H2,1H3,(H,18,19)/t14-/m1/s1. The Morgan fingerprint density at radius 2 is 1.90 bits per heavy atom. The van der Waals surface area contributed by atoms with Crippen LogP contribution >= 0.6 is 0 Å². The van der Waals surface area contributed by atoms with Crippen LogP contribution in [0, 0.1) is 11.7 Å². The van der Waals surface area contributed by atoms with Crippen LogP contribution in [0.2, 0.25) is 0 Å². The number of nitrogens with one attached hydrogen (secondary N) is 1. The third-order valence-corrected chi connectivity index (χ3v) is 3.62. The summed E-state index contributed by atoms with van der Waals surface area (Å²) in [4.78, 5) is 23.8. The van der Waals surface area contributed by atoms with Crippen LogP contribution in [0.4, 0.5) is 4.39 Å². The number of benzene rings is 1. The van der Waals surface area contributed by atoms with Crippen molar-refractivity contribution in [3.8, 4) is 0 Å². The Morgan fingerprint density at radius 1 is 1.29 bits per heavy atom. The van der Waals surface area contributed by atoms with E-state index in [1.54, 1.807) is 0 Å². The third-order valence-electron chi connectivity index (χ3n) is 3.62. The van der Waals surface area contributed by atoms with E-state index < -0.39 is 11.9 Å². The maximum atomic E-state index is 13.0. The molecule has 1 aromatic rings. The topological polar surface area (TPSA) is 55.4 Å². The number of hydrogen-bond donors (Lipinski definition) is 1. The maximum Gasteiger partial charge on any atom is 0.314 e. The number of allylic oxidation sites excluding steroid dienone is 2. The zero-order chi connectivity index (χ0) is 15.2. The van der Waals surface area contributed by atoms with Crippen molar-refractivity contribution >= 4 is 11.9 Å². The van der Waals surface area contributed by atoms with Crippen LogP contribution in [0.5, 0.6) is 0 Å². The van der Waals surface area contributed by atoms with Crippen molar-refractivity contribution in [3.05, 3.63) is 47.8 Å². The van der Waals surface area contributed by atoms with Gasteiger partial charge in [0.15, 0.2) is 0 Å². The second kappa shape index (κ2) is 7.02. The predicted molar refractivity (Wildman–Crippen MR) is 76.0 cm³/mol. The highest BCUT2D eigenvalue weighted by Crippen LogP contribution is 2.20. The summed E-state index contributed by atoms with van der Waals surface area (Å²) in [6, 6.07) is 5.63. The van der Waals surface area contributed by atoms with Crippen molar-refractivity contribution in [2.75, 3.05) is 13.7 Å². The zero-order valence-electron chi connectivity index (χ0n) is 11.8. The Balaban J connectivity index is 2.01. The van der Waals surface area contributed by atoms with Gasteiger partial charge in [0.2, 0.25) is 5.91 Å². The van der Waals surface area contributed by atoms with Crippen LogP contribution < -0.4 is 5.32 Å². The van der Waals surface area contributed by atoms with Gasteiger partial charge in [-0.1, -0.05) is 24.3 Å². The Kier molecular flexibility index (Phi) is 5.09. The molecule has 0 aliphatic heterocycles. The van der Waals surface area contributed by atoms with Crippen LogP contribution in [-0.2, 0) is 14.3 Å². The number of amides is 1. The molecule has 0 unspecified atom stereocenters. The minimum atomic E-state index is -0.631. The minimum Gasteiger partial charge on any atom is -0.468 e. The third kappa shape index (κ3) is 3.90. The molecule has 1 aliphatic rings. The fourth-order valence-electron chi connectivity index (χ4n) is 2.35. The summed E-state index contributed by atoms with van der Waals surface area (Å²) in [5.74, 6) is -1.59. The Hall–Kier alpha value is -2.17. The Morgan fingerprint density at radius 3 is 2.48 bits per heavy atom. The molecule has 0 saturated heterocycles. The summed E-state index contributed by atoms with van der Waals surface area (Å²) >= 11 is 0. The van der Waals surface area contributed by atoms with E-state index in [9.17, 15) is 14.0 Å². The van der Waals surface area contributed by atoms with Gasteiger partial charge in [-0.15, -0.1) is 0 Å². The maximum absolute atomic E-state index is 13.0. The molecule has 21 heavy (non-hydrogen) atoms. The quantitative estimate of drug-likeness (QED) is 0.668. The number of methoxy groups -OCH3 is 1. The van der Waals surface area contributed by atoms with Gasteiger partial charge in [0.25, 0.3) is 0 Å². The highest BCUT2D eigenvalue weighted by Gasteiger charge is 2.25. The molecular formula is C16H18FNO3. The lowest BCUT2D eigenvalue weighted by Crippen LogP contribution is -2.35. The number of carbonyl (C=O) groups excluding carboxylic acids is 2. The van der Waals surface area contributed by atoms with Crippen LogP contribution in [0.1, 0.15) is 24.3 Å². The summed E-state index contributed by atoms with van der Waals surface area (Å²) < 4.78 is 17.7. The molecule has 1 N–H and O–H groups in total. The molecule has 0 aromatic heterocycles. The lowest BCUT2D eigenvalue weighted by Gasteiger charge is -2.17. The smallest absolute Gasteiger partial charge is 0.314 e. The monoisotopic (exact) mass is 291 g/mol. The lowest BCUT2D eigenvalue weighted by molar-refractivity contribution is -0.142. The fraction of sp³-hybridized carbons (Fsp3) is 0.375. The first-order valence-electron chi connectivity index (χ1n) is 6.88. The van der Waals surface area contributed by atoms with E-state index in [2.05, 4.69) is 5.32 Å². The molecule has 1 atom stereocenters. The van der Waals surface area contributed by atoms with Crippen LogP contribution in [0.25, 0.3) is 0 Å². The first kappa shape index (κ1) is 15.2. The first-order valence-corrected chi connectivity index (χ1v) is 6.88. The lowest BCUT2D eigenvalue weighted by atomic mass is 9.98. The Bertz CT molecular complexity index is 531. The number of hydrogen-bond acceptors (Lipinski definition) is 3. The molecule has 1 aromatic carbocycles. The van der Waals surface area contributed by atoms with E-state index in [0.717, 1.165) is 12.8 Å². The summed E-state index contributed by atoms with van der Waals surface area (Å²) in [5, 5.41) is 2.78. The largest absolute Gasteiger partial charge is 0.468 e. The molecule has 112 valence electrons. The summed E-state index contributed by atoms with van der Waals surface area (Å²) in [5.41, 5.74) is 0.619. The highest BCUT2D eigenvalue weighted by atomic mass is 19.1. The van der Waals surface area contributed by atoms with Gasteiger partial charge in [-0.2, -0.15) is 0 Å². The minimum absolute atomic E-state index is 0.0588. The van der Waals surface area contributed by atoms with Crippen molar-refractivity contribution < 1.29 is 18.7 Å². The number of ether oxygens (including phenoxy) is 1. The molecule has 0 heterocycles. The highest BCUT2D eigenvalue weighted by molar-refractivity contribution is 5.82. The molecule has 5 heteroatoms. The van der Waals surface area contributed by atoms with Gasteiger partial charge < -0.3 is 10.1 Å². The van der Waals surface area contributed by atoms with E-state index in [-0.39, 0.29) is 24.2 Å². The molecule has 1 amide bonds. The van der Waals surface area contributed by atoms with E-state index >= 15 is 0 Å². The van der Waals surface area contributed by atoms with Crippen molar-refractivity contribution in [1.82, 2.24) is 5.32 Å². The van der Waals surface area contributed by atoms with Crippen molar-refractivity contribution in [2.45, 2.75) is 18.8 Å². The second-order valence-corrected chi connectivity index (χ2v) is 5.01. The average Bonchev–Trinajstić information content (AvgIpc) is 3.03. The average molecular weight is 291 g/mol. The van der Waals surface area contributed by atoms with Crippen LogP contribution in [0.3, 0.4) is 0 Å². The van der Waals surface area contributed by atoms with Gasteiger partial charge in [-0.05, 0) is 30.5 Å². The van der Waals surface area contributed by atoms with E-state index in [1.807, 2.05) is 12.2 Å². The van der Waals surface area contributed by atoms with E-state index in [1.165, 1.54) is 31.4 Å². The van der Waals surface area contributed by atoms with Crippen molar-refractivity contribution in [2.24, 2.45) is 5.92 Å². The van der Waals surface area contributed by atoms with Crippen molar-refractivity contribution in [3.63, 3.8) is 0 Å². The predicted octanol–water partition coefficient (Wildman–Crippen LogP) is 2.16. The summed E-state index contributed by atoms with van der Waals surface area (Å²) in [6.07, 6.45) is 5.40. The van der Waals surface area contributed by atoms with Gasteiger partial charge in [0.05, 0.1) is 13.0 Å². The molecule has 0 radical (unpaired) electrons. The second-order valence-electron chi connectivity index (χ2n) is 5.01. The molecular weight excluding hydrogens is 273 g/mol. The molecule has 1 aliphatic carbocycles. The zero-order valence-corrected chi connectivity index (χ0v) is 11.8. The normalized spacial score (nSPS) is 15.7. The fourth-order valence-corrected chi connectivity index (χ4v) is 2.35.